The zero-order valence-corrected chi connectivity index (χ0v) is 11.3. The summed E-state index contributed by atoms with van der Waals surface area (Å²) in [5.74, 6) is 1.09. The fraction of sp³-hybridized carbons (Fsp3) is 0.533. The molecule has 4 nitrogen and oxygen atoms in total. The molecule has 3 rings (SSSR count). The Kier molecular flexibility index (Phi) is 3.42. The molecule has 1 unspecified atom stereocenters. The summed E-state index contributed by atoms with van der Waals surface area (Å²) in [5, 5.41) is 3.36. The van der Waals surface area contributed by atoms with Gasteiger partial charge in [-0.3, -0.25) is 4.79 Å². The number of nitrogens with zero attached hydrogens (tertiary/aromatic N) is 1. The molecule has 1 N–H and O–H groups in total. The molecule has 19 heavy (non-hydrogen) atoms. The first kappa shape index (κ1) is 12.5. The van der Waals surface area contributed by atoms with Crippen LogP contribution >= 0.6 is 0 Å². The second-order valence-electron chi connectivity index (χ2n) is 5.23. The molecule has 0 aromatic heterocycles. The molecule has 1 saturated heterocycles. The minimum absolute atomic E-state index is 0.173. The van der Waals surface area contributed by atoms with Crippen LogP contribution < -0.4 is 10.1 Å². The maximum Gasteiger partial charge on any atom is 0.244 e. The molecule has 1 amide bonds. The smallest absolute Gasteiger partial charge is 0.244 e. The summed E-state index contributed by atoms with van der Waals surface area (Å²) < 4.78 is 5.26. The first-order valence-corrected chi connectivity index (χ1v) is 6.98. The minimum atomic E-state index is -0.173. The van der Waals surface area contributed by atoms with E-state index < -0.39 is 0 Å². The van der Waals surface area contributed by atoms with Crippen molar-refractivity contribution in [3.63, 3.8) is 0 Å². The molecule has 0 aliphatic carbocycles. The number of hydrogen-bond acceptors (Lipinski definition) is 3. The van der Waals surface area contributed by atoms with Gasteiger partial charge in [0.05, 0.1) is 7.11 Å². The Morgan fingerprint density at radius 3 is 2.89 bits per heavy atom. The summed E-state index contributed by atoms with van der Waals surface area (Å²) in [6, 6.07) is 5.85. The fourth-order valence-corrected chi connectivity index (χ4v) is 3.01. The number of carbonyl (C=O) groups is 1. The molecule has 1 atom stereocenters. The quantitative estimate of drug-likeness (QED) is 0.876. The molecule has 0 saturated carbocycles. The van der Waals surface area contributed by atoms with E-state index in [-0.39, 0.29) is 11.9 Å². The lowest BCUT2D eigenvalue weighted by Crippen LogP contribution is -2.42. The summed E-state index contributed by atoms with van der Waals surface area (Å²) in [6.45, 7) is 2.66. The van der Waals surface area contributed by atoms with Crippen molar-refractivity contribution in [2.45, 2.75) is 25.3 Å². The Bertz CT molecular complexity index is 481. The van der Waals surface area contributed by atoms with Gasteiger partial charge in [0.15, 0.2) is 0 Å². The highest BCUT2D eigenvalue weighted by atomic mass is 16.5. The molecule has 0 bridgehead atoms. The first-order valence-electron chi connectivity index (χ1n) is 6.98. The number of rotatable bonds is 2. The zero-order valence-electron chi connectivity index (χ0n) is 11.3. The van der Waals surface area contributed by atoms with Gasteiger partial charge in [-0.05, 0) is 42.5 Å². The Morgan fingerprint density at radius 2 is 2.16 bits per heavy atom. The molecular weight excluding hydrogens is 240 g/mol. The zero-order chi connectivity index (χ0) is 13.2. The van der Waals surface area contributed by atoms with Gasteiger partial charge in [-0.2, -0.15) is 0 Å². The predicted molar refractivity (Wildman–Crippen MR) is 73.3 cm³/mol. The van der Waals surface area contributed by atoms with Crippen molar-refractivity contribution in [1.82, 2.24) is 10.2 Å². The molecule has 4 heteroatoms. The Morgan fingerprint density at radius 1 is 1.37 bits per heavy atom. The van der Waals surface area contributed by atoms with Crippen LogP contribution in [0.5, 0.6) is 5.75 Å². The first-order chi connectivity index (χ1) is 9.29. The van der Waals surface area contributed by atoms with E-state index in [1.165, 1.54) is 5.56 Å². The molecule has 102 valence electrons. The van der Waals surface area contributed by atoms with E-state index in [4.69, 9.17) is 4.74 Å². The van der Waals surface area contributed by atoms with E-state index in [1.54, 1.807) is 7.11 Å². The Labute approximate surface area is 113 Å². The lowest BCUT2D eigenvalue weighted by Gasteiger charge is -2.29. The number of amides is 1. The van der Waals surface area contributed by atoms with Gasteiger partial charge >= 0.3 is 0 Å². The van der Waals surface area contributed by atoms with Crippen LogP contribution in [0.2, 0.25) is 0 Å². The van der Waals surface area contributed by atoms with Crippen molar-refractivity contribution in [1.29, 1.82) is 0 Å². The number of fused-ring (bicyclic) bond motifs is 1. The van der Waals surface area contributed by atoms with Crippen molar-refractivity contribution in [3.05, 3.63) is 29.3 Å². The summed E-state index contributed by atoms with van der Waals surface area (Å²) in [7, 11) is 1.68. The second kappa shape index (κ2) is 5.21. The molecule has 2 heterocycles. The van der Waals surface area contributed by atoms with Gasteiger partial charge in [-0.1, -0.05) is 6.07 Å². The highest BCUT2D eigenvalue weighted by Crippen LogP contribution is 2.28. The molecule has 0 spiro atoms. The van der Waals surface area contributed by atoms with E-state index in [0.29, 0.717) is 0 Å². The number of carbonyl (C=O) groups excluding carboxylic acids is 1. The fourth-order valence-electron chi connectivity index (χ4n) is 3.01. The van der Waals surface area contributed by atoms with Gasteiger partial charge in [0.25, 0.3) is 0 Å². The molecule has 1 aromatic carbocycles. The number of nitrogens with one attached hydrogen (secondary N) is 1. The topological polar surface area (TPSA) is 41.6 Å². The lowest BCUT2D eigenvalue weighted by molar-refractivity contribution is -0.132. The van der Waals surface area contributed by atoms with Crippen molar-refractivity contribution in [2.75, 3.05) is 26.7 Å². The molecule has 2 aliphatic rings. The summed E-state index contributed by atoms with van der Waals surface area (Å²) in [4.78, 5) is 14.5. The highest BCUT2D eigenvalue weighted by Gasteiger charge is 2.31. The van der Waals surface area contributed by atoms with Crippen LogP contribution in [-0.4, -0.2) is 37.6 Å². The van der Waals surface area contributed by atoms with Gasteiger partial charge in [-0.25, -0.2) is 0 Å². The Hall–Kier alpha value is -1.55. The third-order valence-electron chi connectivity index (χ3n) is 4.07. The summed E-state index contributed by atoms with van der Waals surface area (Å²) >= 11 is 0. The van der Waals surface area contributed by atoms with Crippen LogP contribution in [-0.2, 0) is 11.2 Å². The van der Waals surface area contributed by atoms with E-state index in [2.05, 4.69) is 11.4 Å². The molecule has 2 aliphatic heterocycles. The van der Waals surface area contributed by atoms with Crippen LogP contribution in [0.25, 0.3) is 0 Å². The second-order valence-corrected chi connectivity index (χ2v) is 5.23. The van der Waals surface area contributed by atoms with Crippen LogP contribution in [0.3, 0.4) is 0 Å². The Balaban J connectivity index is 1.87. The molecule has 1 aromatic rings. The summed E-state index contributed by atoms with van der Waals surface area (Å²) in [5.41, 5.74) is 2.35. The number of hydrogen-bond donors (Lipinski definition) is 1. The van der Waals surface area contributed by atoms with Crippen molar-refractivity contribution < 1.29 is 9.53 Å². The number of methoxy groups -OCH3 is 1. The highest BCUT2D eigenvalue weighted by molar-refractivity contribution is 5.84. The normalized spacial score (nSPS) is 22.2. The molecule has 1 fully saturated rings. The number of benzene rings is 1. The van der Waals surface area contributed by atoms with Crippen molar-refractivity contribution >= 4 is 5.91 Å². The van der Waals surface area contributed by atoms with Crippen molar-refractivity contribution in [2.24, 2.45) is 0 Å². The van der Waals surface area contributed by atoms with Gasteiger partial charge in [0.1, 0.15) is 11.8 Å². The van der Waals surface area contributed by atoms with Crippen LogP contribution in [0, 0.1) is 0 Å². The van der Waals surface area contributed by atoms with Gasteiger partial charge < -0.3 is 15.0 Å². The maximum atomic E-state index is 12.5. The number of likely N-dealkylation sites (tertiary alicyclic amines) is 1. The van der Waals surface area contributed by atoms with E-state index in [1.807, 2.05) is 17.0 Å². The van der Waals surface area contributed by atoms with Gasteiger partial charge in [-0.15, -0.1) is 0 Å². The average molecular weight is 260 g/mol. The standard InChI is InChI=1S/C15H20N2O2/c1-19-12-4-5-13-11(10-12)6-7-16-14(13)15(18)17-8-2-3-9-17/h4-5,10,14,16H,2-3,6-9H2,1H3. The predicted octanol–water partition coefficient (Wildman–Crippen LogP) is 1.50. The molecule has 0 radical (unpaired) electrons. The monoisotopic (exact) mass is 260 g/mol. The van der Waals surface area contributed by atoms with Crippen LogP contribution in [0.15, 0.2) is 18.2 Å². The van der Waals surface area contributed by atoms with E-state index >= 15 is 0 Å². The largest absolute Gasteiger partial charge is 0.497 e. The van der Waals surface area contributed by atoms with Crippen LogP contribution in [0.4, 0.5) is 0 Å². The SMILES string of the molecule is COc1ccc2c(c1)CCNC2C(=O)N1CCCC1. The van der Waals surface area contributed by atoms with Gasteiger partial charge in [0.2, 0.25) is 5.91 Å². The molecular formula is C15H20N2O2. The van der Waals surface area contributed by atoms with Crippen LogP contribution in [0.1, 0.15) is 30.0 Å². The van der Waals surface area contributed by atoms with Gasteiger partial charge in [0, 0.05) is 19.6 Å². The third kappa shape index (κ3) is 2.32. The lowest BCUT2D eigenvalue weighted by atomic mass is 9.93. The van der Waals surface area contributed by atoms with Crippen molar-refractivity contribution in [3.8, 4) is 5.75 Å². The summed E-state index contributed by atoms with van der Waals surface area (Å²) in [6.07, 6.45) is 3.22. The average Bonchev–Trinajstić information content (AvgIpc) is 2.99. The van der Waals surface area contributed by atoms with E-state index in [0.717, 1.165) is 50.2 Å². The number of ether oxygens (including phenoxy) is 1. The minimum Gasteiger partial charge on any atom is -0.497 e. The maximum absolute atomic E-state index is 12.5. The third-order valence-corrected chi connectivity index (χ3v) is 4.07. The van der Waals surface area contributed by atoms with E-state index in [9.17, 15) is 4.79 Å².